The number of sulfonamides is 1. The van der Waals surface area contributed by atoms with Gasteiger partial charge in [-0.25, -0.2) is 0 Å². The van der Waals surface area contributed by atoms with E-state index in [1.807, 2.05) is 25.1 Å². The Kier molecular flexibility index (Phi) is 5.22. The van der Waals surface area contributed by atoms with Crippen LogP contribution in [-0.2, 0) is 10.0 Å². The van der Waals surface area contributed by atoms with Gasteiger partial charge in [0.25, 0.3) is 0 Å². The molecule has 0 bridgehead atoms. The molecule has 1 unspecified atom stereocenters. The summed E-state index contributed by atoms with van der Waals surface area (Å²) in [5.41, 5.74) is 1.08. The van der Waals surface area contributed by atoms with Gasteiger partial charge < -0.3 is 0 Å². The molecule has 0 saturated carbocycles. The topological polar surface area (TPSA) is 37.4 Å². The molecular weight excluding hydrogens is 373 g/mol. The van der Waals surface area contributed by atoms with Gasteiger partial charge in [0.05, 0.1) is 0 Å². The van der Waals surface area contributed by atoms with Gasteiger partial charge in [-0.1, -0.05) is 0 Å². The van der Waals surface area contributed by atoms with E-state index in [-0.39, 0.29) is 0 Å². The standard InChI is InChI=1S/C18H21NO2SSe/c1-15-9-11-16(12-10-15)22(20,21)19-13-5-8-18(14-19)23-17-6-3-2-4-7-17/h2-4,6-7,9-12,18H,5,8,13-14H2,1H3. The van der Waals surface area contributed by atoms with Crippen molar-refractivity contribution in [2.75, 3.05) is 13.1 Å². The summed E-state index contributed by atoms with van der Waals surface area (Å²) in [4.78, 5) is 0.870. The average Bonchev–Trinajstić information content (AvgIpc) is 2.56. The summed E-state index contributed by atoms with van der Waals surface area (Å²) >= 11 is 0.322. The van der Waals surface area contributed by atoms with Gasteiger partial charge in [0.1, 0.15) is 0 Å². The molecule has 122 valence electrons. The first-order valence-corrected chi connectivity index (χ1v) is 11.1. The van der Waals surface area contributed by atoms with Gasteiger partial charge >= 0.3 is 145 Å². The first-order valence-electron chi connectivity index (χ1n) is 7.84. The summed E-state index contributed by atoms with van der Waals surface area (Å²) in [5.74, 6) is 0. The first kappa shape index (κ1) is 16.7. The Morgan fingerprint density at radius 1 is 1.04 bits per heavy atom. The Hall–Kier alpha value is -1.13. The fraction of sp³-hybridized carbons (Fsp3) is 0.333. The Bertz CT molecular complexity index is 744. The molecule has 1 heterocycles. The van der Waals surface area contributed by atoms with Crippen LogP contribution in [0.1, 0.15) is 18.4 Å². The Morgan fingerprint density at radius 2 is 1.74 bits per heavy atom. The van der Waals surface area contributed by atoms with E-state index in [0.29, 0.717) is 37.8 Å². The van der Waals surface area contributed by atoms with Gasteiger partial charge in [-0.15, -0.1) is 0 Å². The van der Waals surface area contributed by atoms with Crippen molar-refractivity contribution in [3.05, 3.63) is 60.2 Å². The summed E-state index contributed by atoms with van der Waals surface area (Å²) in [5, 5.41) is 0. The second-order valence-electron chi connectivity index (χ2n) is 5.87. The van der Waals surface area contributed by atoms with E-state index in [2.05, 4.69) is 24.3 Å². The molecule has 1 fully saturated rings. The van der Waals surface area contributed by atoms with E-state index in [4.69, 9.17) is 0 Å². The number of rotatable bonds is 4. The third-order valence-electron chi connectivity index (χ3n) is 4.05. The second kappa shape index (κ2) is 7.18. The molecule has 1 atom stereocenters. The summed E-state index contributed by atoms with van der Waals surface area (Å²) < 4.78 is 28.7. The van der Waals surface area contributed by atoms with Crippen LogP contribution in [0.5, 0.6) is 0 Å². The van der Waals surface area contributed by atoms with Gasteiger partial charge in [0, 0.05) is 0 Å². The zero-order valence-electron chi connectivity index (χ0n) is 13.2. The number of hydrogen-bond acceptors (Lipinski definition) is 2. The molecule has 0 N–H and O–H groups in total. The van der Waals surface area contributed by atoms with Crippen molar-refractivity contribution in [1.29, 1.82) is 0 Å². The molecule has 2 aromatic carbocycles. The van der Waals surface area contributed by atoms with E-state index in [9.17, 15) is 8.42 Å². The molecule has 23 heavy (non-hydrogen) atoms. The minimum absolute atomic E-state index is 0.322. The first-order chi connectivity index (χ1) is 11.1. The van der Waals surface area contributed by atoms with Crippen LogP contribution in [0, 0.1) is 6.92 Å². The van der Waals surface area contributed by atoms with Crippen LogP contribution < -0.4 is 4.46 Å². The second-order valence-corrected chi connectivity index (χ2v) is 10.7. The maximum atomic E-state index is 12.8. The molecule has 2 aromatic rings. The molecule has 1 saturated heterocycles. The van der Waals surface area contributed by atoms with Crippen LogP contribution in [0.25, 0.3) is 0 Å². The van der Waals surface area contributed by atoms with E-state index >= 15 is 0 Å². The molecule has 1 aliphatic heterocycles. The number of aryl methyl sites for hydroxylation is 1. The third kappa shape index (κ3) is 4.04. The van der Waals surface area contributed by atoms with Crippen LogP contribution in [0.2, 0.25) is 4.82 Å². The van der Waals surface area contributed by atoms with Crippen LogP contribution in [0.4, 0.5) is 0 Å². The summed E-state index contributed by atoms with van der Waals surface area (Å²) in [6, 6.07) is 17.6. The van der Waals surface area contributed by atoms with Crippen molar-refractivity contribution < 1.29 is 8.42 Å². The van der Waals surface area contributed by atoms with Crippen LogP contribution in [0.3, 0.4) is 0 Å². The zero-order valence-corrected chi connectivity index (χ0v) is 15.7. The molecular formula is C18H21NO2SSe. The van der Waals surface area contributed by atoms with Gasteiger partial charge in [-0.05, 0) is 0 Å². The minimum atomic E-state index is -3.36. The van der Waals surface area contributed by atoms with E-state index < -0.39 is 10.0 Å². The third-order valence-corrected chi connectivity index (χ3v) is 8.57. The van der Waals surface area contributed by atoms with Gasteiger partial charge in [0.2, 0.25) is 0 Å². The van der Waals surface area contributed by atoms with Crippen LogP contribution >= 0.6 is 0 Å². The van der Waals surface area contributed by atoms with E-state index in [0.717, 1.165) is 18.4 Å². The van der Waals surface area contributed by atoms with Crippen molar-refractivity contribution in [3.63, 3.8) is 0 Å². The Labute approximate surface area is 144 Å². The maximum absolute atomic E-state index is 12.8. The number of benzene rings is 2. The van der Waals surface area contributed by atoms with Crippen LogP contribution in [0.15, 0.2) is 59.5 Å². The van der Waals surface area contributed by atoms with Crippen molar-refractivity contribution in [1.82, 2.24) is 4.31 Å². The van der Waals surface area contributed by atoms with Crippen molar-refractivity contribution in [2.24, 2.45) is 0 Å². The van der Waals surface area contributed by atoms with Gasteiger partial charge in [-0.3, -0.25) is 0 Å². The Morgan fingerprint density at radius 3 is 2.43 bits per heavy atom. The molecule has 0 aliphatic carbocycles. The molecule has 3 nitrogen and oxygen atoms in total. The number of hydrogen-bond donors (Lipinski definition) is 0. The fourth-order valence-electron chi connectivity index (χ4n) is 2.77. The predicted octanol–water partition coefficient (Wildman–Crippen LogP) is 2.60. The van der Waals surface area contributed by atoms with Gasteiger partial charge in [0.15, 0.2) is 0 Å². The zero-order chi connectivity index (χ0) is 16.3. The molecule has 0 amide bonds. The molecule has 0 aromatic heterocycles. The van der Waals surface area contributed by atoms with Crippen LogP contribution in [-0.4, -0.2) is 40.8 Å². The number of piperidine rings is 1. The predicted molar refractivity (Wildman–Crippen MR) is 94.8 cm³/mol. The molecule has 3 rings (SSSR count). The van der Waals surface area contributed by atoms with E-state index in [1.54, 1.807) is 16.4 Å². The summed E-state index contributed by atoms with van der Waals surface area (Å²) in [6.07, 6.45) is 2.07. The molecule has 1 aliphatic rings. The van der Waals surface area contributed by atoms with Gasteiger partial charge in [-0.2, -0.15) is 0 Å². The normalized spacial score (nSPS) is 19.6. The van der Waals surface area contributed by atoms with Crippen molar-refractivity contribution in [3.8, 4) is 0 Å². The molecule has 0 radical (unpaired) electrons. The SMILES string of the molecule is Cc1ccc(S(=O)(=O)N2CCCC([Se]c3ccccc3)C2)cc1. The van der Waals surface area contributed by atoms with Crippen molar-refractivity contribution >= 4 is 29.4 Å². The Balaban J connectivity index is 1.74. The fourth-order valence-corrected chi connectivity index (χ4v) is 7.10. The molecule has 5 heteroatoms. The molecule has 0 spiro atoms. The van der Waals surface area contributed by atoms with Crippen molar-refractivity contribution in [2.45, 2.75) is 29.5 Å². The van der Waals surface area contributed by atoms with E-state index in [1.165, 1.54) is 4.46 Å². The number of nitrogens with zero attached hydrogens (tertiary/aromatic N) is 1. The monoisotopic (exact) mass is 395 g/mol. The average molecular weight is 394 g/mol. The summed E-state index contributed by atoms with van der Waals surface area (Å²) in [7, 11) is -3.36. The summed E-state index contributed by atoms with van der Waals surface area (Å²) in [6.45, 7) is 3.25. The quantitative estimate of drug-likeness (QED) is 0.748.